The van der Waals surface area contributed by atoms with Gasteiger partial charge < -0.3 is 9.47 Å². The van der Waals surface area contributed by atoms with Gasteiger partial charge in [-0.25, -0.2) is 0 Å². The maximum Gasteiger partial charge on any atom is 0.0541 e. The van der Waals surface area contributed by atoms with E-state index in [1.54, 1.807) is 0 Å². The van der Waals surface area contributed by atoms with Crippen LogP contribution < -0.4 is 4.90 Å². The van der Waals surface area contributed by atoms with Crippen molar-refractivity contribution in [3.8, 4) is 39.1 Å². The van der Waals surface area contributed by atoms with Crippen LogP contribution in [0.15, 0.2) is 255 Å². The fourth-order valence-electron chi connectivity index (χ4n) is 10.9. The molecule has 14 rings (SSSR count). The number of thiophene rings is 1. The van der Waals surface area contributed by atoms with Gasteiger partial charge in [0.1, 0.15) is 0 Å². The highest BCUT2D eigenvalue weighted by molar-refractivity contribution is 7.27. The molecule has 3 heteroatoms. The Kier molecular flexibility index (Phi) is 9.11. The minimum atomic E-state index is 1.09. The minimum absolute atomic E-state index is 1.09. The van der Waals surface area contributed by atoms with E-state index in [9.17, 15) is 0 Å². The molecule has 322 valence electrons. The van der Waals surface area contributed by atoms with Crippen LogP contribution >= 0.6 is 11.3 Å². The minimum Gasteiger partial charge on any atom is -0.311 e. The molecular weight excluding hydrogens is 853 g/mol. The second-order valence-electron chi connectivity index (χ2n) is 18.0. The Hall–Kier alpha value is -8.76. The van der Waals surface area contributed by atoms with Crippen LogP contribution in [-0.2, 0) is 0 Å². The first-order chi connectivity index (χ1) is 34.2. The molecular formula is C66H42N2S. The number of para-hydroxylation sites is 3. The standard InChI is InChI=1S/C66H42N2S/c1-3-14-53-44(12-1)24-25-49-42-48(33-40-54(49)53)43-26-34-50(35-27-43)67(52-38-30-47(31-39-52)57-19-11-20-60-61-41-32-45-13-2-4-16-56(45)66(61)69-65(57)60)51-36-28-46(29-37-51)55-15-5-8-21-62(55)68-63-22-9-6-17-58(63)59-18-7-10-23-64(59)68/h1-42H. The van der Waals surface area contributed by atoms with Crippen molar-refractivity contribution in [1.82, 2.24) is 4.57 Å². The molecule has 0 unspecified atom stereocenters. The van der Waals surface area contributed by atoms with Gasteiger partial charge in [0, 0.05) is 53.6 Å². The molecule has 14 aromatic rings. The first kappa shape index (κ1) is 39.4. The summed E-state index contributed by atoms with van der Waals surface area (Å²) < 4.78 is 5.09. The third-order valence-corrected chi connectivity index (χ3v) is 15.5. The lowest BCUT2D eigenvalue weighted by molar-refractivity contribution is 1.18. The molecule has 0 bridgehead atoms. The van der Waals surface area contributed by atoms with Crippen LogP contribution in [0.25, 0.3) is 113 Å². The monoisotopic (exact) mass is 894 g/mol. The number of anilines is 3. The Labute approximate surface area is 403 Å². The van der Waals surface area contributed by atoms with E-state index in [-0.39, 0.29) is 0 Å². The molecule has 0 radical (unpaired) electrons. The number of aromatic nitrogens is 1. The van der Waals surface area contributed by atoms with Crippen LogP contribution in [0.5, 0.6) is 0 Å². The lowest BCUT2D eigenvalue weighted by Crippen LogP contribution is -2.09. The smallest absolute Gasteiger partial charge is 0.0541 e. The summed E-state index contributed by atoms with van der Waals surface area (Å²) in [5, 5.41) is 12.8. The van der Waals surface area contributed by atoms with Gasteiger partial charge >= 0.3 is 0 Å². The Morgan fingerprint density at radius 1 is 0.275 bits per heavy atom. The van der Waals surface area contributed by atoms with Crippen molar-refractivity contribution in [1.29, 1.82) is 0 Å². The SMILES string of the molecule is c1ccc(-n2c3ccccc3c3ccccc32)c(-c2ccc(N(c3ccc(-c4ccc5c(ccc6ccccc65)c4)cc3)c3ccc(-c4cccc5c4sc4c6ccccc6ccc54)cc3)cc2)c1. The number of fused-ring (bicyclic) bond motifs is 11. The lowest BCUT2D eigenvalue weighted by Gasteiger charge is -2.26. The first-order valence-electron chi connectivity index (χ1n) is 23.7. The lowest BCUT2D eigenvalue weighted by atomic mass is 9.97. The summed E-state index contributed by atoms with van der Waals surface area (Å²) in [5.74, 6) is 0. The summed E-state index contributed by atoms with van der Waals surface area (Å²) in [6.07, 6.45) is 0. The van der Waals surface area contributed by atoms with E-state index < -0.39 is 0 Å². The van der Waals surface area contributed by atoms with E-state index in [2.05, 4.69) is 264 Å². The molecule has 2 aromatic heterocycles. The molecule has 2 nitrogen and oxygen atoms in total. The summed E-state index contributed by atoms with van der Waals surface area (Å²) in [5.41, 5.74) is 14.0. The molecule has 12 aromatic carbocycles. The molecule has 0 N–H and O–H groups in total. The van der Waals surface area contributed by atoms with Gasteiger partial charge in [0.15, 0.2) is 0 Å². The maximum absolute atomic E-state index is 2.42. The third-order valence-electron chi connectivity index (χ3n) is 14.2. The normalized spacial score (nSPS) is 11.8. The topological polar surface area (TPSA) is 8.17 Å². The summed E-state index contributed by atoms with van der Waals surface area (Å²) >= 11 is 1.91. The Morgan fingerprint density at radius 2 is 0.725 bits per heavy atom. The Morgan fingerprint density at radius 3 is 1.42 bits per heavy atom. The van der Waals surface area contributed by atoms with Gasteiger partial charge in [0.2, 0.25) is 0 Å². The van der Waals surface area contributed by atoms with Crippen LogP contribution in [0, 0.1) is 0 Å². The highest BCUT2D eigenvalue weighted by atomic mass is 32.1. The molecule has 2 heterocycles. The molecule has 0 amide bonds. The number of hydrogen-bond acceptors (Lipinski definition) is 2. The number of benzene rings is 12. The molecule has 0 saturated heterocycles. The zero-order chi connectivity index (χ0) is 45.4. The number of nitrogens with zero attached hydrogens (tertiary/aromatic N) is 2. The van der Waals surface area contributed by atoms with Gasteiger partial charge in [-0.2, -0.15) is 0 Å². The van der Waals surface area contributed by atoms with Crippen LogP contribution in [-0.4, -0.2) is 4.57 Å². The highest BCUT2D eigenvalue weighted by Crippen LogP contribution is 2.45. The predicted octanol–water partition coefficient (Wildman–Crippen LogP) is 19.1. The van der Waals surface area contributed by atoms with Crippen molar-refractivity contribution < 1.29 is 0 Å². The highest BCUT2D eigenvalue weighted by Gasteiger charge is 2.19. The molecule has 0 aliphatic heterocycles. The van der Waals surface area contributed by atoms with Crippen LogP contribution in [0.3, 0.4) is 0 Å². The molecule has 0 saturated carbocycles. The second kappa shape index (κ2) is 16.0. The number of rotatable bonds is 7. The molecule has 0 spiro atoms. The van der Waals surface area contributed by atoms with E-state index in [0.717, 1.165) is 28.3 Å². The van der Waals surface area contributed by atoms with E-state index in [0.29, 0.717) is 0 Å². The van der Waals surface area contributed by atoms with Gasteiger partial charge in [-0.05, 0) is 121 Å². The van der Waals surface area contributed by atoms with Crippen LogP contribution in [0.4, 0.5) is 17.1 Å². The van der Waals surface area contributed by atoms with E-state index in [1.807, 2.05) is 11.3 Å². The summed E-state index contributed by atoms with van der Waals surface area (Å²) in [7, 11) is 0. The summed E-state index contributed by atoms with van der Waals surface area (Å²) in [6.45, 7) is 0. The molecule has 69 heavy (non-hydrogen) atoms. The zero-order valence-corrected chi connectivity index (χ0v) is 38.4. The first-order valence-corrected chi connectivity index (χ1v) is 24.5. The van der Waals surface area contributed by atoms with E-state index in [4.69, 9.17) is 0 Å². The van der Waals surface area contributed by atoms with Crippen LogP contribution in [0.1, 0.15) is 0 Å². The molecule has 0 atom stereocenters. The number of hydrogen-bond donors (Lipinski definition) is 0. The quantitative estimate of drug-likeness (QED) is 0.145. The van der Waals surface area contributed by atoms with Crippen molar-refractivity contribution in [2.75, 3.05) is 4.90 Å². The van der Waals surface area contributed by atoms with Crippen molar-refractivity contribution in [3.05, 3.63) is 255 Å². The Bertz CT molecular complexity index is 4240. The maximum atomic E-state index is 2.42. The fourth-order valence-corrected chi connectivity index (χ4v) is 12.2. The Balaban J connectivity index is 0.866. The van der Waals surface area contributed by atoms with E-state index >= 15 is 0 Å². The average Bonchev–Trinajstić information content (AvgIpc) is 3.98. The molecule has 0 aliphatic rings. The fraction of sp³-hybridized carbons (Fsp3) is 0. The summed E-state index contributed by atoms with van der Waals surface area (Å²) in [4.78, 5) is 2.38. The summed E-state index contributed by atoms with van der Waals surface area (Å²) in [6, 6.07) is 93.6. The van der Waals surface area contributed by atoms with E-state index in [1.165, 1.54) is 102 Å². The molecule has 0 fully saturated rings. The van der Waals surface area contributed by atoms with Gasteiger partial charge in [-0.15, -0.1) is 11.3 Å². The van der Waals surface area contributed by atoms with Crippen molar-refractivity contribution in [3.63, 3.8) is 0 Å². The largest absolute Gasteiger partial charge is 0.311 e. The van der Waals surface area contributed by atoms with Crippen LogP contribution in [0.2, 0.25) is 0 Å². The van der Waals surface area contributed by atoms with Gasteiger partial charge in [-0.3, -0.25) is 0 Å². The van der Waals surface area contributed by atoms with Gasteiger partial charge in [0.05, 0.1) is 16.7 Å². The van der Waals surface area contributed by atoms with Crippen molar-refractivity contribution in [2.45, 2.75) is 0 Å². The third kappa shape index (κ3) is 6.47. The molecule has 0 aliphatic carbocycles. The zero-order valence-electron chi connectivity index (χ0n) is 37.6. The van der Waals surface area contributed by atoms with Gasteiger partial charge in [0.25, 0.3) is 0 Å². The van der Waals surface area contributed by atoms with Crippen molar-refractivity contribution >= 4 is 103 Å². The average molecular weight is 895 g/mol. The predicted molar refractivity (Wildman–Crippen MR) is 297 cm³/mol. The van der Waals surface area contributed by atoms with Crippen molar-refractivity contribution in [2.24, 2.45) is 0 Å². The van der Waals surface area contributed by atoms with Gasteiger partial charge in [-0.1, -0.05) is 194 Å². The second-order valence-corrected chi connectivity index (χ2v) is 19.1.